The zero-order valence-corrected chi connectivity index (χ0v) is 10.2. The number of nitrogens with one attached hydrogen (secondary N) is 1. The fraction of sp³-hybridized carbons (Fsp3) is 0.615. The van der Waals surface area contributed by atoms with Gasteiger partial charge < -0.3 is 15.5 Å². The lowest BCUT2D eigenvalue weighted by Gasteiger charge is -2.23. The number of hydrogen-bond donors (Lipinski definition) is 2. The average molecular weight is 235 g/mol. The number of hydrogen-bond acceptors (Lipinski definition) is 2. The lowest BCUT2D eigenvalue weighted by atomic mass is 9.96. The monoisotopic (exact) mass is 235 g/mol. The maximum atomic E-state index is 5.85. The van der Waals surface area contributed by atoms with Crippen molar-refractivity contribution in [3.05, 3.63) is 24.2 Å². The normalized spacial score (nSPS) is 18.2. The van der Waals surface area contributed by atoms with Gasteiger partial charge in [0.25, 0.3) is 0 Å². The first kappa shape index (κ1) is 12.0. The van der Waals surface area contributed by atoms with Crippen molar-refractivity contribution in [3.8, 4) is 0 Å². The van der Waals surface area contributed by atoms with Crippen LogP contribution in [0.15, 0.2) is 27.8 Å². The largest absolute Gasteiger partial charge is 0.469 e. The first-order chi connectivity index (χ1) is 8.34. The Morgan fingerprint density at radius 1 is 1.41 bits per heavy atom. The van der Waals surface area contributed by atoms with E-state index in [0.29, 0.717) is 18.5 Å². The van der Waals surface area contributed by atoms with Crippen molar-refractivity contribution in [2.45, 2.75) is 44.6 Å². The van der Waals surface area contributed by atoms with Crippen LogP contribution in [0.1, 0.15) is 37.9 Å². The van der Waals surface area contributed by atoms with E-state index in [2.05, 4.69) is 10.3 Å². The molecule has 3 N–H and O–H groups in total. The van der Waals surface area contributed by atoms with Gasteiger partial charge in [0.2, 0.25) is 0 Å². The molecule has 2 rings (SSSR count). The summed E-state index contributed by atoms with van der Waals surface area (Å²) >= 11 is 0. The van der Waals surface area contributed by atoms with Gasteiger partial charge in [-0.3, -0.25) is 4.99 Å². The fourth-order valence-corrected chi connectivity index (χ4v) is 2.24. The molecular formula is C13H21N3O. The molecular weight excluding hydrogens is 214 g/mol. The zero-order valence-electron chi connectivity index (χ0n) is 10.2. The maximum Gasteiger partial charge on any atom is 0.188 e. The minimum Gasteiger partial charge on any atom is -0.469 e. The molecule has 0 aliphatic heterocycles. The third-order valence-electron chi connectivity index (χ3n) is 3.18. The number of nitrogens with two attached hydrogens (primary N) is 1. The molecule has 1 heterocycles. The SMILES string of the molecule is NC(=NCCc1ccco1)NC1CCCCC1. The molecule has 4 nitrogen and oxygen atoms in total. The van der Waals surface area contributed by atoms with Gasteiger partial charge in [0.15, 0.2) is 5.96 Å². The fourth-order valence-electron chi connectivity index (χ4n) is 2.24. The molecule has 1 aliphatic carbocycles. The van der Waals surface area contributed by atoms with Gasteiger partial charge in [-0.15, -0.1) is 0 Å². The van der Waals surface area contributed by atoms with Crippen molar-refractivity contribution < 1.29 is 4.42 Å². The Kier molecular flexibility index (Phi) is 4.47. The Bertz CT molecular complexity index is 340. The Morgan fingerprint density at radius 2 is 2.24 bits per heavy atom. The van der Waals surface area contributed by atoms with Crippen molar-refractivity contribution in [2.75, 3.05) is 6.54 Å². The van der Waals surface area contributed by atoms with Crippen molar-refractivity contribution in [1.29, 1.82) is 0 Å². The van der Waals surface area contributed by atoms with E-state index in [1.54, 1.807) is 6.26 Å². The number of rotatable bonds is 4. The minimum absolute atomic E-state index is 0.524. The van der Waals surface area contributed by atoms with E-state index >= 15 is 0 Å². The van der Waals surface area contributed by atoms with Crippen LogP contribution < -0.4 is 11.1 Å². The first-order valence-corrected chi connectivity index (χ1v) is 6.43. The summed E-state index contributed by atoms with van der Waals surface area (Å²) in [5.74, 6) is 1.53. The highest BCUT2D eigenvalue weighted by Crippen LogP contribution is 2.16. The second-order valence-corrected chi connectivity index (χ2v) is 4.58. The molecule has 0 saturated heterocycles. The summed E-state index contributed by atoms with van der Waals surface area (Å²) < 4.78 is 5.23. The van der Waals surface area contributed by atoms with Crippen LogP contribution in [0.2, 0.25) is 0 Å². The smallest absolute Gasteiger partial charge is 0.188 e. The summed E-state index contributed by atoms with van der Waals surface area (Å²) in [6.45, 7) is 0.680. The van der Waals surface area contributed by atoms with Gasteiger partial charge in [0.05, 0.1) is 6.26 Å². The molecule has 17 heavy (non-hydrogen) atoms. The van der Waals surface area contributed by atoms with Crippen LogP contribution in [0.25, 0.3) is 0 Å². The molecule has 1 aliphatic rings. The highest BCUT2D eigenvalue weighted by atomic mass is 16.3. The average Bonchev–Trinajstić information content (AvgIpc) is 2.83. The van der Waals surface area contributed by atoms with E-state index in [1.807, 2.05) is 12.1 Å². The Labute approximate surface area is 102 Å². The van der Waals surface area contributed by atoms with Gasteiger partial charge in [-0.2, -0.15) is 0 Å². The van der Waals surface area contributed by atoms with E-state index in [-0.39, 0.29) is 0 Å². The molecule has 0 bridgehead atoms. The number of aliphatic imine (C=N–C) groups is 1. The summed E-state index contributed by atoms with van der Waals surface area (Å²) in [5, 5.41) is 3.30. The van der Waals surface area contributed by atoms with Gasteiger partial charge in [-0.25, -0.2) is 0 Å². The van der Waals surface area contributed by atoms with Crippen molar-refractivity contribution in [3.63, 3.8) is 0 Å². The molecule has 0 radical (unpaired) electrons. The van der Waals surface area contributed by atoms with Gasteiger partial charge in [0.1, 0.15) is 5.76 Å². The molecule has 0 amide bonds. The summed E-state index contributed by atoms with van der Waals surface area (Å²) in [4.78, 5) is 4.32. The molecule has 94 valence electrons. The van der Waals surface area contributed by atoms with Gasteiger partial charge in [0, 0.05) is 19.0 Å². The van der Waals surface area contributed by atoms with E-state index in [1.165, 1.54) is 32.1 Å². The standard InChI is InChI=1S/C13H21N3O/c14-13(16-11-5-2-1-3-6-11)15-9-8-12-7-4-10-17-12/h4,7,10-11H,1-3,5-6,8-9H2,(H3,14,15,16). The van der Waals surface area contributed by atoms with Crippen LogP contribution in [0, 0.1) is 0 Å². The van der Waals surface area contributed by atoms with Crippen LogP contribution in [0.5, 0.6) is 0 Å². The van der Waals surface area contributed by atoms with Gasteiger partial charge in [-0.1, -0.05) is 19.3 Å². The van der Waals surface area contributed by atoms with Crippen LogP contribution in [0.3, 0.4) is 0 Å². The molecule has 1 aromatic rings. The van der Waals surface area contributed by atoms with Crippen molar-refractivity contribution >= 4 is 5.96 Å². The van der Waals surface area contributed by atoms with Crippen molar-refractivity contribution in [2.24, 2.45) is 10.7 Å². The van der Waals surface area contributed by atoms with E-state index in [4.69, 9.17) is 10.2 Å². The number of nitrogens with zero attached hydrogens (tertiary/aromatic N) is 1. The summed E-state index contributed by atoms with van der Waals surface area (Å²) in [7, 11) is 0. The Balaban J connectivity index is 1.69. The lowest BCUT2D eigenvalue weighted by Crippen LogP contribution is -2.41. The quantitative estimate of drug-likeness (QED) is 0.620. The first-order valence-electron chi connectivity index (χ1n) is 6.43. The molecule has 1 aromatic heterocycles. The Morgan fingerprint density at radius 3 is 2.94 bits per heavy atom. The van der Waals surface area contributed by atoms with Gasteiger partial charge >= 0.3 is 0 Å². The predicted molar refractivity (Wildman–Crippen MR) is 68.9 cm³/mol. The second-order valence-electron chi connectivity index (χ2n) is 4.58. The third-order valence-corrected chi connectivity index (χ3v) is 3.18. The molecule has 0 unspecified atom stereocenters. The van der Waals surface area contributed by atoms with Crippen LogP contribution >= 0.6 is 0 Å². The highest BCUT2D eigenvalue weighted by molar-refractivity contribution is 5.78. The van der Waals surface area contributed by atoms with Crippen LogP contribution in [-0.4, -0.2) is 18.5 Å². The summed E-state index contributed by atoms with van der Waals surface area (Å²) in [6, 6.07) is 4.37. The van der Waals surface area contributed by atoms with Crippen LogP contribution in [-0.2, 0) is 6.42 Å². The predicted octanol–water partition coefficient (Wildman–Crippen LogP) is 2.06. The zero-order chi connectivity index (χ0) is 11.9. The van der Waals surface area contributed by atoms with E-state index < -0.39 is 0 Å². The Hall–Kier alpha value is -1.45. The molecule has 1 saturated carbocycles. The minimum atomic E-state index is 0.524. The highest BCUT2D eigenvalue weighted by Gasteiger charge is 2.13. The lowest BCUT2D eigenvalue weighted by molar-refractivity contribution is 0.412. The molecule has 4 heteroatoms. The molecule has 0 aromatic carbocycles. The molecule has 0 atom stereocenters. The topological polar surface area (TPSA) is 63.5 Å². The second kappa shape index (κ2) is 6.33. The molecule has 1 fully saturated rings. The van der Waals surface area contributed by atoms with E-state index in [0.717, 1.165) is 12.2 Å². The maximum absolute atomic E-state index is 5.85. The third kappa shape index (κ3) is 4.13. The summed E-state index contributed by atoms with van der Waals surface area (Å²) in [5.41, 5.74) is 5.85. The van der Waals surface area contributed by atoms with Gasteiger partial charge in [-0.05, 0) is 25.0 Å². The number of furan rings is 1. The number of guanidine groups is 1. The molecule has 0 spiro atoms. The van der Waals surface area contributed by atoms with Crippen molar-refractivity contribution in [1.82, 2.24) is 5.32 Å². The summed E-state index contributed by atoms with van der Waals surface area (Å²) in [6.07, 6.45) is 8.88. The van der Waals surface area contributed by atoms with E-state index in [9.17, 15) is 0 Å². The van der Waals surface area contributed by atoms with Crippen LogP contribution in [0.4, 0.5) is 0 Å².